The molecule has 4 aliphatic carbocycles. The highest BCUT2D eigenvalue weighted by Crippen LogP contribution is 2.73. The molecule has 2 fully saturated rings. The smallest absolute Gasteiger partial charge is 0.306 e. The van der Waals surface area contributed by atoms with Crippen molar-refractivity contribution in [2.45, 2.75) is 87.0 Å². The molecule has 0 radical (unpaired) electrons. The molecule has 0 unspecified atom stereocenters. The molecule has 206 valence electrons. The van der Waals surface area contributed by atoms with E-state index in [2.05, 4.69) is 0 Å². The molecule has 0 amide bonds. The van der Waals surface area contributed by atoms with Crippen LogP contribution in [0.15, 0.2) is 23.0 Å². The van der Waals surface area contributed by atoms with Crippen molar-refractivity contribution in [3.63, 3.8) is 0 Å². The molecule has 0 bridgehead atoms. The lowest BCUT2D eigenvalue weighted by Gasteiger charge is -2.59. The zero-order chi connectivity index (χ0) is 28.8. The van der Waals surface area contributed by atoms with Crippen molar-refractivity contribution in [3.05, 3.63) is 23.0 Å². The van der Waals surface area contributed by atoms with Crippen LogP contribution >= 0.6 is 0 Å². The van der Waals surface area contributed by atoms with E-state index in [4.69, 9.17) is 0 Å². The molecule has 0 saturated heterocycles. The Bertz CT molecular complexity index is 1270. The number of carbonyl (C=O) groups excluding carboxylic acids is 5. The molecule has 2 N–H and O–H groups in total. The zero-order valence-corrected chi connectivity index (χ0v) is 23.3. The van der Waals surface area contributed by atoms with Crippen LogP contribution in [0.5, 0.6) is 0 Å². The molecule has 0 aliphatic heterocycles. The van der Waals surface area contributed by atoms with Crippen LogP contribution < -0.4 is 0 Å². The Labute approximate surface area is 222 Å². The van der Waals surface area contributed by atoms with E-state index in [0.29, 0.717) is 24.0 Å². The van der Waals surface area contributed by atoms with E-state index in [1.807, 2.05) is 20.8 Å². The van der Waals surface area contributed by atoms with Gasteiger partial charge in [-0.2, -0.15) is 0 Å². The Kier molecular flexibility index (Phi) is 6.14. The summed E-state index contributed by atoms with van der Waals surface area (Å²) in [5.41, 5.74) is -5.37. The standard InChI is InChI=1S/C30H38O8/c1-15(25(37)38)10-17(32)13-30(16(2)31)14-23(36)28(6)24-18(11-22(35)29(28,30)7)27(5)9-8-21(34)26(3,4)20(27)12-19(24)33/h11,15,20,33H,8-10,12-14H2,1-7H3,(H,37,38)/t15-,20-,27+,28-,29-,30+/m0/s1. The Balaban J connectivity index is 1.92. The van der Waals surface area contributed by atoms with E-state index in [1.54, 1.807) is 13.8 Å². The highest BCUT2D eigenvalue weighted by molar-refractivity contribution is 6.15. The van der Waals surface area contributed by atoms with Crippen LogP contribution in [0.3, 0.4) is 0 Å². The molecular formula is C30H38O8. The summed E-state index contributed by atoms with van der Waals surface area (Å²) in [5.74, 6) is -4.20. The second-order valence-electron chi connectivity index (χ2n) is 13.2. The van der Waals surface area contributed by atoms with Crippen molar-refractivity contribution in [1.82, 2.24) is 0 Å². The van der Waals surface area contributed by atoms with Crippen LogP contribution in [-0.4, -0.2) is 45.1 Å². The molecule has 0 aromatic rings. The van der Waals surface area contributed by atoms with Gasteiger partial charge in [0.05, 0.1) is 27.9 Å². The van der Waals surface area contributed by atoms with Gasteiger partial charge in [-0.25, -0.2) is 0 Å². The van der Waals surface area contributed by atoms with E-state index >= 15 is 0 Å². The molecule has 4 rings (SSSR count). The predicted octanol–water partition coefficient (Wildman–Crippen LogP) is 4.35. The minimum absolute atomic E-state index is 0.0544. The fourth-order valence-electron chi connectivity index (χ4n) is 8.40. The number of carbonyl (C=O) groups is 6. The molecule has 0 spiro atoms. The topological polar surface area (TPSA) is 143 Å². The normalized spacial score (nSPS) is 38.7. The van der Waals surface area contributed by atoms with Gasteiger partial charge in [-0.1, -0.05) is 34.6 Å². The maximum Gasteiger partial charge on any atom is 0.306 e. The predicted molar refractivity (Wildman–Crippen MR) is 137 cm³/mol. The highest BCUT2D eigenvalue weighted by atomic mass is 16.4. The summed E-state index contributed by atoms with van der Waals surface area (Å²) < 4.78 is 0. The molecule has 0 aromatic carbocycles. The molecule has 8 heteroatoms. The molecular weight excluding hydrogens is 488 g/mol. The number of ketones is 5. The number of hydrogen-bond acceptors (Lipinski definition) is 7. The van der Waals surface area contributed by atoms with Crippen LogP contribution in [0.25, 0.3) is 0 Å². The average Bonchev–Trinajstić information content (AvgIpc) is 2.98. The number of carboxylic acid groups (broad SMARTS) is 1. The van der Waals surface area contributed by atoms with Crippen molar-refractivity contribution in [2.75, 3.05) is 0 Å². The van der Waals surface area contributed by atoms with Gasteiger partial charge in [-0.05, 0) is 43.3 Å². The Morgan fingerprint density at radius 2 is 1.66 bits per heavy atom. The lowest BCUT2D eigenvalue weighted by Crippen LogP contribution is -2.60. The number of Topliss-reactive ketones (excluding diaryl/α,β-unsaturated/α-hetero) is 4. The molecule has 0 aromatic heterocycles. The summed E-state index contributed by atoms with van der Waals surface area (Å²) >= 11 is 0. The first-order valence-electron chi connectivity index (χ1n) is 13.3. The maximum atomic E-state index is 14.2. The first-order chi connectivity index (χ1) is 17.3. The molecule has 2 saturated carbocycles. The zero-order valence-electron chi connectivity index (χ0n) is 23.3. The van der Waals surface area contributed by atoms with Crippen molar-refractivity contribution < 1.29 is 39.0 Å². The molecule has 8 nitrogen and oxygen atoms in total. The minimum atomic E-state index is -1.67. The van der Waals surface area contributed by atoms with Crippen LogP contribution in [0.4, 0.5) is 0 Å². The average molecular weight is 527 g/mol. The number of aliphatic hydroxyl groups excluding tert-OH is 1. The van der Waals surface area contributed by atoms with Gasteiger partial charge in [0.2, 0.25) is 0 Å². The van der Waals surface area contributed by atoms with Gasteiger partial charge >= 0.3 is 5.97 Å². The third-order valence-corrected chi connectivity index (χ3v) is 11.2. The summed E-state index contributed by atoms with van der Waals surface area (Å²) in [6.07, 6.45) is 1.30. The highest BCUT2D eigenvalue weighted by Gasteiger charge is 2.76. The lowest BCUT2D eigenvalue weighted by molar-refractivity contribution is -0.153. The van der Waals surface area contributed by atoms with Gasteiger partial charge in [-0.3, -0.25) is 28.8 Å². The molecule has 6 atom stereocenters. The van der Waals surface area contributed by atoms with E-state index in [9.17, 15) is 39.0 Å². The number of allylic oxidation sites excluding steroid dienone is 4. The SMILES string of the molecule is CC(=O)[C@@]1(CC(=O)C[C@H](C)C(=O)O)CC(=O)[C@@]2(C)C3=C(O)C[C@H]4C(C)(C)C(=O)CC[C@]4(C)C3=CC(=O)[C@]12C. The third kappa shape index (κ3) is 3.21. The number of hydrogen-bond donors (Lipinski definition) is 2. The second kappa shape index (κ2) is 8.30. The Morgan fingerprint density at radius 1 is 1.05 bits per heavy atom. The van der Waals surface area contributed by atoms with Crippen molar-refractivity contribution in [3.8, 4) is 0 Å². The van der Waals surface area contributed by atoms with Gasteiger partial charge < -0.3 is 10.2 Å². The lowest BCUT2D eigenvalue weighted by atomic mass is 9.42. The van der Waals surface area contributed by atoms with Gasteiger partial charge in [0.1, 0.15) is 23.1 Å². The van der Waals surface area contributed by atoms with Crippen LogP contribution in [0, 0.1) is 38.9 Å². The quantitative estimate of drug-likeness (QED) is 0.520. The maximum absolute atomic E-state index is 14.2. The number of aliphatic carboxylic acids is 1. The summed E-state index contributed by atoms with van der Waals surface area (Å²) in [7, 11) is 0. The van der Waals surface area contributed by atoms with E-state index < -0.39 is 68.5 Å². The number of rotatable bonds is 6. The summed E-state index contributed by atoms with van der Waals surface area (Å²) in [6.45, 7) is 11.5. The molecule has 4 aliphatic rings. The third-order valence-electron chi connectivity index (χ3n) is 11.2. The van der Waals surface area contributed by atoms with Crippen molar-refractivity contribution in [2.24, 2.45) is 38.9 Å². The molecule has 0 heterocycles. The first-order valence-corrected chi connectivity index (χ1v) is 13.3. The summed E-state index contributed by atoms with van der Waals surface area (Å²) in [5, 5.41) is 20.8. The Hall–Kier alpha value is -2.90. The van der Waals surface area contributed by atoms with Gasteiger partial charge in [0.15, 0.2) is 5.78 Å². The van der Waals surface area contributed by atoms with E-state index in [1.165, 1.54) is 19.9 Å². The minimum Gasteiger partial charge on any atom is -0.512 e. The first kappa shape index (κ1) is 28.1. The monoisotopic (exact) mass is 526 g/mol. The van der Waals surface area contributed by atoms with Crippen molar-refractivity contribution >= 4 is 34.9 Å². The van der Waals surface area contributed by atoms with E-state index in [0.717, 1.165) is 0 Å². The van der Waals surface area contributed by atoms with E-state index in [-0.39, 0.29) is 36.7 Å². The Morgan fingerprint density at radius 3 is 2.21 bits per heavy atom. The van der Waals surface area contributed by atoms with Crippen LogP contribution in [0.2, 0.25) is 0 Å². The van der Waals surface area contributed by atoms with Gasteiger partial charge in [0.25, 0.3) is 0 Å². The second-order valence-corrected chi connectivity index (χ2v) is 13.2. The molecule has 38 heavy (non-hydrogen) atoms. The summed E-state index contributed by atoms with van der Waals surface area (Å²) in [6, 6.07) is 0. The van der Waals surface area contributed by atoms with Crippen molar-refractivity contribution in [1.29, 1.82) is 0 Å². The number of carboxylic acids is 1. The fourth-order valence-corrected chi connectivity index (χ4v) is 8.40. The number of aliphatic hydroxyl groups is 1. The van der Waals surface area contributed by atoms with Crippen LogP contribution in [0.1, 0.15) is 87.0 Å². The van der Waals surface area contributed by atoms with Crippen LogP contribution in [-0.2, 0) is 28.8 Å². The van der Waals surface area contributed by atoms with Gasteiger partial charge in [-0.15, -0.1) is 0 Å². The fraction of sp³-hybridized carbons (Fsp3) is 0.667. The summed E-state index contributed by atoms with van der Waals surface area (Å²) in [4.78, 5) is 78.9. The largest absolute Gasteiger partial charge is 0.512 e. The number of fused-ring (bicyclic) bond motifs is 5. The van der Waals surface area contributed by atoms with Gasteiger partial charge in [0, 0.05) is 43.1 Å².